The van der Waals surface area contributed by atoms with Crippen molar-refractivity contribution in [1.29, 1.82) is 0 Å². The summed E-state index contributed by atoms with van der Waals surface area (Å²) in [5, 5.41) is 10.4. The molecule has 4 atom stereocenters. The summed E-state index contributed by atoms with van der Waals surface area (Å²) in [5.41, 5.74) is 2.02. The fourth-order valence-corrected chi connectivity index (χ4v) is 6.15. The number of carbonyl (C=O) groups is 2. The molecule has 1 aromatic carbocycles. The predicted molar refractivity (Wildman–Crippen MR) is 136 cm³/mol. The van der Waals surface area contributed by atoms with Gasteiger partial charge < -0.3 is 24.2 Å². The van der Waals surface area contributed by atoms with Crippen LogP contribution in [0.25, 0.3) is 12.2 Å². The number of fused-ring (bicyclic) bond motifs is 4. The highest BCUT2D eigenvalue weighted by Crippen LogP contribution is 2.49. The summed E-state index contributed by atoms with van der Waals surface area (Å²) in [5.74, 6) is -1.32. The van der Waals surface area contributed by atoms with E-state index >= 15 is 0 Å². The number of carbonyl (C=O) groups excluding carboxylic acids is 2. The fourth-order valence-electron chi connectivity index (χ4n) is 6.15. The van der Waals surface area contributed by atoms with Crippen LogP contribution >= 0.6 is 0 Å². The van der Waals surface area contributed by atoms with Crippen molar-refractivity contribution in [2.24, 2.45) is 11.8 Å². The van der Waals surface area contributed by atoms with Crippen molar-refractivity contribution in [2.45, 2.75) is 37.9 Å². The third kappa shape index (κ3) is 4.29. The Morgan fingerprint density at radius 3 is 2.50 bits per heavy atom. The monoisotopic (exact) mass is 491 g/mol. The minimum absolute atomic E-state index is 0.0367. The van der Waals surface area contributed by atoms with E-state index in [1.807, 2.05) is 47.4 Å². The fraction of sp³-hybridized carbons (Fsp3) is 0.464. The average Bonchev–Trinajstić information content (AvgIpc) is 3.16. The Morgan fingerprint density at radius 1 is 1.06 bits per heavy atom. The Balaban J connectivity index is 1.56. The molecule has 1 aromatic heterocycles. The van der Waals surface area contributed by atoms with Crippen LogP contribution in [0.15, 0.2) is 47.3 Å². The number of amides is 2. The summed E-state index contributed by atoms with van der Waals surface area (Å²) in [7, 11) is 1.47. The summed E-state index contributed by atoms with van der Waals surface area (Å²) in [6.07, 6.45) is 6.70. The van der Waals surface area contributed by atoms with Gasteiger partial charge in [-0.2, -0.15) is 0 Å². The Morgan fingerprint density at radius 2 is 1.81 bits per heavy atom. The molecule has 36 heavy (non-hydrogen) atoms. The Labute approximate surface area is 210 Å². The second-order valence-electron chi connectivity index (χ2n) is 9.88. The third-order valence-electron chi connectivity index (χ3n) is 7.84. The SMILES string of the molecule is COCC(=O)N1[C@@H]2c3ccc(/C=C/c4ccccc4)c(=O)n3C[C@H]1[C@H](CO)[C@H]2C(=O)N1CCCCC1. The number of methoxy groups -OCH3 is 1. The lowest BCUT2D eigenvalue weighted by Gasteiger charge is -2.38. The van der Waals surface area contributed by atoms with Gasteiger partial charge in [-0.3, -0.25) is 14.4 Å². The zero-order chi connectivity index (χ0) is 25.2. The third-order valence-corrected chi connectivity index (χ3v) is 7.84. The molecule has 0 radical (unpaired) electrons. The molecule has 0 aliphatic carbocycles. The number of benzene rings is 1. The molecule has 2 bridgehead atoms. The molecule has 8 heteroatoms. The Kier molecular flexibility index (Phi) is 7.07. The molecular formula is C28H33N3O5. The van der Waals surface area contributed by atoms with Crippen molar-refractivity contribution < 1.29 is 19.4 Å². The van der Waals surface area contributed by atoms with E-state index < -0.39 is 23.9 Å². The molecule has 3 aliphatic heterocycles. The first-order valence-corrected chi connectivity index (χ1v) is 12.7. The maximum Gasteiger partial charge on any atom is 0.258 e. The number of ether oxygens (including phenoxy) is 1. The first-order valence-electron chi connectivity index (χ1n) is 12.7. The van der Waals surface area contributed by atoms with Crippen LogP contribution in [-0.2, 0) is 20.9 Å². The minimum Gasteiger partial charge on any atom is -0.396 e. The van der Waals surface area contributed by atoms with Crippen LogP contribution in [0.5, 0.6) is 0 Å². The number of aliphatic hydroxyl groups is 1. The molecule has 2 saturated heterocycles. The first-order chi connectivity index (χ1) is 17.5. The smallest absolute Gasteiger partial charge is 0.258 e. The van der Waals surface area contributed by atoms with Crippen molar-refractivity contribution >= 4 is 24.0 Å². The molecule has 5 rings (SSSR count). The highest BCUT2D eigenvalue weighted by molar-refractivity contribution is 5.85. The van der Waals surface area contributed by atoms with Crippen molar-refractivity contribution in [1.82, 2.24) is 14.4 Å². The van der Waals surface area contributed by atoms with Gasteiger partial charge in [-0.15, -0.1) is 0 Å². The van der Waals surface area contributed by atoms with Gasteiger partial charge in [-0.25, -0.2) is 0 Å². The predicted octanol–water partition coefficient (Wildman–Crippen LogP) is 2.17. The number of aromatic nitrogens is 1. The van der Waals surface area contributed by atoms with E-state index in [0.717, 1.165) is 24.8 Å². The van der Waals surface area contributed by atoms with Crippen LogP contribution in [0.1, 0.15) is 42.1 Å². The molecule has 8 nitrogen and oxygen atoms in total. The number of aliphatic hydroxyl groups excluding tert-OH is 1. The largest absolute Gasteiger partial charge is 0.396 e. The van der Waals surface area contributed by atoms with Gasteiger partial charge >= 0.3 is 0 Å². The molecule has 4 heterocycles. The quantitative estimate of drug-likeness (QED) is 0.669. The van der Waals surface area contributed by atoms with Gasteiger partial charge in [0.2, 0.25) is 11.8 Å². The Hall–Kier alpha value is -3.23. The summed E-state index contributed by atoms with van der Waals surface area (Å²) in [4.78, 5) is 44.1. The van der Waals surface area contributed by atoms with Crippen LogP contribution in [-0.4, -0.2) is 70.7 Å². The van der Waals surface area contributed by atoms with E-state index in [2.05, 4.69) is 0 Å². The van der Waals surface area contributed by atoms with Gasteiger partial charge in [-0.1, -0.05) is 36.4 Å². The van der Waals surface area contributed by atoms with Gasteiger partial charge in [0, 0.05) is 50.5 Å². The zero-order valence-electron chi connectivity index (χ0n) is 20.6. The first kappa shape index (κ1) is 24.5. The number of rotatable bonds is 6. The average molecular weight is 492 g/mol. The van der Waals surface area contributed by atoms with Crippen LogP contribution in [0.2, 0.25) is 0 Å². The van der Waals surface area contributed by atoms with E-state index in [1.165, 1.54) is 7.11 Å². The molecule has 2 fully saturated rings. The van der Waals surface area contributed by atoms with Crippen molar-refractivity contribution in [3.63, 3.8) is 0 Å². The van der Waals surface area contributed by atoms with Gasteiger partial charge in [0.1, 0.15) is 6.61 Å². The molecule has 3 aliphatic rings. The van der Waals surface area contributed by atoms with E-state index in [-0.39, 0.29) is 37.1 Å². The number of pyridine rings is 1. The molecule has 190 valence electrons. The normalized spacial score (nSPS) is 25.3. The maximum absolute atomic E-state index is 13.8. The van der Waals surface area contributed by atoms with Crippen LogP contribution in [0, 0.1) is 11.8 Å². The minimum atomic E-state index is -0.613. The molecular weight excluding hydrogens is 458 g/mol. The lowest BCUT2D eigenvalue weighted by molar-refractivity contribution is -0.142. The second-order valence-corrected chi connectivity index (χ2v) is 9.88. The van der Waals surface area contributed by atoms with Crippen LogP contribution in [0.4, 0.5) is 0 Å². The standard InChI is InChI=1S/C28H33N3O5/c1-36-18-24(33)31-23-16-30-22(13-12-20(27(30)34)11-10-19-8-4-2-5-9-19)26(31)25(21(23)17-32)28(35)29-14-6-3-7-15-29/h2,4-5,8-13,21,23,25-26,32H,3,6-7,14-18H2,1H3/b11-10+/t21-,23-,25+,26+/m0/s1. The number of nitrogens with zero attached hydrogens (tertiary/aromatic N) is 3. The zero-order valence-corrected chi connectivity index (χ0v) is 20.6. The van der Waals surface area contributed by atoms with Gasteiger partial charge in [0.15, 0.2) is 0 Å². The van der Waals surface area contributed by atoms with Crippen molar-refractivity contribution in [3.8, 4) is 0 Å². The second kappa shape index (κ2) is 10.4. The van der Waals surface area contributed by atoms with E-state index in [1.54, 1.807) is 21.6 Å². The van der Waals surface area contributed by atoms with Crippen LogP contribution in [0.3, 0.4) is 0 Å². The van der Waals surface area contributed by atoms with E-state index in [9.17, 15) is 19.5 Å². The summed E-state index contributed by atoms with van der Waals surface area (Å²) in [6, 6.07) is 12.3. The molecule has 2 aromatic rings. The van der Waals surface area contributed by atoms with Gasteiger partial charge in [0.05, 0.1) is 18.0 Å². The summed E-state index contributed by atoms with van der Waals surface area (Å²) < 4.78 is 6.84. The van der Waals surface area contributed by atoms with Crippen molar-refractivity contribution in [2.75, 3.05) is 33.4 Å². The van der Waals surface area contributed by atoms with E-state index in [4.69, 9.17) is 4.74 Å². The maximum atomic E-state index is 13.8. The Bertz CT molecular complexity index is 1200. The summed E-state index contributed by atoms with van der Waals surface area (Å²) >= 11 is 0. The number of piperidine rings is 1. The molecule has 0 spiro atoms. The highest BCUT2D eigenvalue weighted by atomic mass is 16.5. The van der Waals surface area contributed by atoms with Crippen LogP contribution < -0.4 is 5.56 Å². The lowest BCUT2D eigenvalue weighted by Crippen LogP contribution is -2.50. The van der Waals surface area contributed by atoms with Gasteiger partial charge in [-0.05, 0) is 43.0 Å². The number of hydrogen-bond donors (Lipinski definition) is 1. The number of hydrogen-bond acceptors (Lipinski definition) is 5. The van der Waals surface area contributed by atoms with E-state index in [0.29, 0.717) is 24.3 Å². The topological polar surface area (TPSA) is 92.1 Å². The summed E-state index contributed by atoms with van der Waals surface area (Å²) in [6.45, 7) is 1.27. The molecule has 1 N–H and O–H groups in total. The lowest BCUT2D eigenvalue weighted by atomic mass is 9.85. The highest BCUT2D eigenvalue weighted by Gasteiger charge is 2.58. The molecule has 2 amide bonds. The number of likely N-dealkylation sites (tertiary alicyclic amines) is 1. The molecule has 0 unspecified atom stereocenters. The van der Waals surface area contributed by atoms with Gasteiger partial charge in [0.25, 0.3) is 5.56 Å². The molecule has 0 saturated carbocycles. The van der Waals surface area contributed by atoms with Crippen molar-refractivity contribution in [3.05, 3.63) is 69.6 Å².